The molecule has 0 aliphatic rings. The zero-order valence-electron chi connectivity index (χ0n) is 9.71. The molecule has 0 radical (unpaired) electrons. The monoisotopic (exact) mass is 198 g/mol. The summed E-state index contributed by atoms with van der Waals surface area (Å²) in [7, 11) is 0. The molecule has 0 aliphatic heterocycles. The molecule has 0 fully saturated rings. The number of hydrogen-bond donors (Lipinski definition) is 1. The summed E-state index contributed by atoms with van der Waals surface area (Å²) in [5.41, 5.74) is 0.991. The van der Waals surface area contributed by atoms with E-state index in [0.29, 0.717) is 0 Å². The standard InChI is InChI=1S/C12H22O2/c1-5-14-12(3,4)9-6-7-11(2)8-10-13/h6,8-9,13H,5,7,10H2,1-4H3/b9-6+,11-8+. The molecule has 0 unspecified atom stereocenters. The number of ether oxygens (including phenoxy) is 1. The molecule has 0 heterocycles. The fourth-order valence-corrected chi connectivity index (χ4v) is 1.19. The van der Waals surface area contributed by atoms with E-state index in [1.165, 1.54) is 5.57 Å². The van der Waals surface area contributed by atoms with Gasteiger partial charge in [-0.05, 0) is 34.1 Å². The average Bonchev–Trinajstić information content (AvgIpc) is 2.03. The molecule has 0 spiro atoms. The van der Waals surface area contributed by atoms with Crippen LogP contribution in [0.15, 0.2) is 23.8 Å². The lowest BCUT2D eigenvalue weighted by Crippen LogP contribution is -2.20. The molecule has 2 heteroatoms. The summed E-state index contributed by atoms with van der Waals surface area (Å²) >= 11 is 0. The third kappa shape index (κ3) is 6.87. The van der Waals surface area contributed by atoms with Crippen molar-refractivity contribution in [3.8, 4) is 0 Å². The first-order valence-corrected chi connectivity index (χ1v) is 5.10. The molecule has 0 amide bonds. The fourth-order valence-electron chi connectivity index (χ4n) is 1.19. The van der Waals surface area contributed by atoms with Gasteiger partial charge < -0.3 is 9.84 Å². The summed E-state index contributed by atoms with van der Waals surface area (Å²) in [5.74, 6) is 0. The van der Waals surface area contributed by atoms with Crippen LogP contribution in [-0.4, -0.2) is 23.9 Å². The summed E-state index contributed by atoms with van der Waals surface area (Å²) in [6.45, 7) is 8.92. The summed E-state index contributed by atoms with van der Waals surface area (Å²) in [5, 5.41) is 8.65. The van der Waals surface area contributed by atoms with Crippen molar-refractivity contribution in [2.45, 2.75) is 39.7 Å². The summed E-state index contributed by atoms with van der Waals surface area (Å²) in [4.78, 5) is 0. The normalized spacial score (nSPS) is 13.9. The Kier molecular flexibility index (Phi) is 6.50. The van der Waals surface area contributed by atoms with Gasteiger partial charge in [0.25, 0.3) is 0 Å². The number of aliphatic hydroxyl groups is 1. The highest BCUT2D eigenvalue weighted by atomic mass is 16.5. The number of allylic oxidation sites excluding steroid dienone is 2. The largest absolute Gasteiger partial charge is 0.392 e. The molecule has 82 valence electrons. The van der Waals surface area contributed by atoms with Gasteiger partial charge in [-0.2, -0.15) is 0 Å². The molecule has 1 N–H and O–H groups in total. The maximum atomic E-state index is 8.65. The molecule has 14 heavy (non-hydrogen) atoms. The first-order valence-electron chi connectivity index (χ1n) is 5.10. The minimum Gasteiger partial charge on any atom is -0.392 e. The van der Waals surface area contributed by atoms with Crippen LogP contribution in [0.1, 0.15) is 34.1 Å². The van der Waals surface area contributed by atoms with E-state index in [1.807, 2.05) is 33.8 Å². The quantitative estimate of drug-likeness (QED) is 0.665. The lowest BCUT2D eigenvalue weighted by atomic mass is 10.1. The van der Waals surface area contributed by atoms with Gasteiger partial charge in [0.2, 0.25) is 0 Å². The van der Waals surface area contributed by atoms with Crippen molar-refractivity contribution < 1.29 is 9.84 Å². The van der Waals surface area contributed by atoms with Crippen molar-refractivity contribution >= 4 is 0 Å². The van der Waals surface area contributed by atoms with E-state index in [1.54, 1.807) is 0 Å². The van der Waals surface area contributed by atoms with Gasteiger partial charge in [-0.3, -0.25) is 0 Å². The van der Waals surface area contributed by atoms with E-state index in [0.717, 1.165) is 13.0 Å². The molecule has 0 aliphatic carbocycles. The first-order chi connectivity index (χ1) is 6.52. The van der Waals surface area contributed by atoms with Crippen molar-refractivity contribution in [2.24, 2.45) is 0 Å². The van der Waals surface area contributed by atoms with Crippen LogP contribution in [-0.2, 0) is 4.74 Å². The minimum absolute atomic E-state index is 0.120. The highest BCUT2D eigenvalue weighted by Crippen LogP contribution is 2.12. The van der Waals surface area contributed by atoms with Gasteiger partial charge in [0.15, 0.2) is 0 Å². The van der Waals surface area contributed by atoms with Crippen LogP contribution in [0.5, 0.6) is 0 Å². The van der Waals surface area contributed by atoms with E-state index in [-0.39, 0.29) is 12.2 Å². The molecule has 0 rings (SSSR count). The van der Waals surface area contributed by atoms with E-state index in [4.69, 9.17) is 9.84 Å². The predicted octanol–water partition coefficient (Wildman–Crippen LogP) is 2.69. The summed E-state index contributed by atoms with van der Waals surface area (Å²) in [6.07, 6.45) is 6.83. The van der Waals surface area contributed by atoms with E-state index < -0.39 is 0 Å². The van der Waals surface area contributed by atoms with Crippen LogP contribution >= 0.6 is 0 Å². The molecule has 0 atom stereocenters. The van der Waals surface area contributed by atoms with Gasteiger partial charge in [0.1, 0.15) is 0 Å². The molecule has 0 saturated carbocycles. The summed E-state index contributed by atoms with van der Waals surface area (Å²) < 4.78 is 5.52. The summed E-state index contributed by atoms with van der Waals surface area (Å²) in [6, 6.07) is 0. The van der Waals surface area contributed by atoms with Crippen molar-refractivity contribution in [1.82, 2.24) is 0 Å². The van der Waals surface area contributed by atoms with Crippen LogP contribution in [0.3, 0.4) is 0 Å². The Morgan fingerprint density at radius 3 is 2.57 bits per heavy atom. The van der Waals surface area contributed by atoms with Gasteiger partial charge in [0.05, 0.1) is 12.2 Å². The third-order valence-corrected chi connectivity index (χ3v) is 1.92. The molecule has 2 nitrogen and oxygen atoms in total. The number of aliphatic hydroxyl groups excluding tert-OH is 1. The third-order valence-electron chi connectivity index (χ3n) is 1.92. The smallest absolute Gasteiger partial charge is 0.0806 e. The Labute approximate surface area is 87.3 Å². The predicted molar refractivity (Wildman–Crippen MR) is 60.3 cm³/mol. The average molecular weight is 198 g/mol. The zero-order valence-corrected chi connectivity index (χ0v) is 9.71. The highest BCUT2D eigenvalue weighted by Gasteiger charge is 2.11. The van der Waals surface area contributed by atoms with E-state index in [2.05, 4.69) is 12.2 Å². The SMILES string of the molecule is CCOC(C)(C)/C=C/C/C(C)=C/CO. The minimum atomic E-state index is -0.186. The van der Waals surface area contributed by atoms with Gasteiger partial charge >= 0.3 is 0 Å². The zero-order chi connectivity index (χ0) is 11.0. The molecule has 0 aromatic carbocycles. The van der Waals surface area contributed by atoms with Crippen LogP contribution in [0.4, 0.5) is 0 Å². The van der Waals surface area contributed by atoms with Crippen molar-refractivity contribution in [3.05, 3.63) is 23.8 Å². The van der Waals surface area contributed by atoms with Crippen LogP contribution in [0.25, 0.3) is 0 Å². The maximum absolute atomic E-state index is 8.65. The van der Waals surface area contributed by atoms with E-state index in [9.17, 15) is 0 Å². The maximum Gasteiger partial charge on any atom is 0.0806 e. The second-order valence-corrected chi connectivity index (χ2v) is 3.88. The first kappa shape index (κ1) is 13.4. The van der Waals surface area contributed by atoms with Crippen LogP contribution in [0, 0.1) is 0 Å². The van der Waals surface area contributed by atoms with E-state index >= 15 is 0 Å². The Hall–Kier alpha value is -0.600. The molecule has 0 saturated heterocycles. The molecule has 0 aromatic rings. The van der Waals surface area contributed by atoms with Crippen molar-refractivity contribution in [2.75, 3.05) is 13.2 Å². The highest BCUT2D eigenvalue weighted by molar-refractivity contribution is 5.07. The Bertz CT molecular complexity index is 202. The van der Waals surface area contributed by atoms with Crippen molar-refractivity contribution in [1.29, 1.82) is 0 Å². The van der Waals surface area contributed by atoms with Gasteiger partial charge in [-0.1, -0.05) is 23.8 Å². The lowest BCUT2D eigenvalue weighted by molar-refractivity contribution is 0.0284. The van der Waals surface area contributed by atoms with Crippen LogP contribution in [0.2, 0.25) is 0 Å². The molecular formula is C12H22O2. The topological polar surface area (TPSA) is 29.5 Å². The molecule has 0 bridgehead atoms. The van der Waals surface area contributed by atoms with Gasteiger partial charge in [0, 0.05) is 6.61 Å². The molecule has 0 aromatic heterocycles. The van der Waals surface area contributed by atoms with Gasteiger partial charge in [-0.25, -0.2) is 0 Å². The lowest BCUT2D eigenvalue weighted by Gasteiger charge is -2.19. The second kappa shape index (κ2) is 6.80. The number of hydrogen-bond acceptors (Lipinski definition) is 2. The Morgan fingerprint density at radius 1 is 1.43 bits per heavy atom. The Balaban J connectivity index is 3.98. The second-order valence-electron chi connectivity index (χ2n) is 3.88. The van der Waals surface area contributed by atoms with Gasteiger partial charge in [-0.15, -0.1) is 0 Å². The number of rotatable bonds is 6. The van der Waals surface area contributed by atoms with Crippen molar-refractivity contribution in [3.63, 3.8) is 0 Å². The fraction of sp³-hybridized carbons (Fsp3) is 0.667. The molecular weight excluding hydrogens is 176 g/mol. The Morgan fingerprint density at radius 2 is 2.07 bits per heavy atom. The van der Waals surface area contributed by atoms with Crippen LogP contribution < -0.4 is 0 Å².